The van der Waals surface area contributed by atoms with Gasteiger partial charge in [-0.05, 0) is 26.3 Å². The molecule has 112 valence electrons. The molecule has 0 bridgehead atoms. The molecule has 0 saturated heterocycles. The smallest absolute Gasteiger partial charge is 0.315 e. The Labute approximate surface area is 129 Å². The summed E-state index contributed by atoms with van der Waals surface area (Å²) in [5, 5.41) is 11.9. The topological polar surface area (TPSA) is 53.4 Å². The van der Waals surface area contributed by atoms with Crippen molar-refractivity contribution < 1.29 is 9.90 Å². The standard InChI is InChI=1S/C16H20N2O2S/c1-11-5-7-12(8-6-11)9-18(4)15-17-13(10-21-15)16(2,3)14(19)20/h5-8,10H,9H2,1-4H3,(H,19,20). The van der Waals surface area contributed by atoms with Gasteiger partial charge in [-0.25, -0.2) is 4.98 Å². The first-order valence-corrected chi connectivity index (χ1v) is 7.65. The molecule has 2 aromatic rings. The molecule has 1 aromatic carbocycles. The van der Waals surface area contributed by atoms with Gasteiger partial charge in [0.25, 0.3) is 0 Å². The van der Waals surface area contributed by atoms with E-state index in [1.165, 1.54) is 22.5 Å². The molecule has 5 heteroatoms. The highest BCUT2D eigenvalue weighted by molar-refractivity contribution is 7.13. The molecule has 0 amide bonds. The van der Waals surface area contributed by atoms with Gasteiger partial charge in [0.2, 0.25) is 0 Å². The van der Waals surface area contributed by atoms with Gasteiger partial charge in [-0.1, -0.05) is 29.8 Å². The van der Waals surface area contributed by atoms with Gasteiger partial charge in [0.05, 0.1) is 5.69 Å². The van der Waals surface area contributed by atoms with Crippen LogP contribution in [0.5, 0.6) is 0 Å². The summed E-state index contributed by atoms with van der Waals surface area (Å²) < 4.78 is 0. The van der Waals surface area contributed by atoms with E-state index < -0.39 is 11.4 Å². The predicted octanol–water partition coefficient (Wildman–Crippen LogP) is 3.45. The Morgan fingerprint density at radius 3 is 2.52 bits per heavy atom. The molecule has 0 unspecified atom stereocenters. The Bertz CT molecular complexity index is 632. The summed E-state index contributed by atoms with van der Waals surface area (Å²) >= 11 is 1.48. The van der Waals surface area contributed by atoms with Crippen LogP contribution in [0.25, 0.3) is 0 Å². The summed E-state index contributed by atoms with van der Waals surface area (Å²) in [5.74, 6) is -0.861. The van der Waals surface area contributed by atoms with E-state index >= 15 is 0 Å². The van der Waals surface area contributed by atoms with Crippen LogP contribution in [0.1, 0.15) is 30.7 Å². The fraction of sp³-hybridized carbons (Fsp3) is 0.375. The second kappa shape index (κ2) is 5.85. The molecule has 21 heavy (non-hydrogen) atoms. The molecule has 0 spiro atoms. The van der Waals surface area contributed by atoms with Gasteiger partial charge in [-0.15, -0.1) is 11.3 Å². The van der Waals surface area contributed by atoms with E-state index in [0.717, 1.165) is 11.7 Å². The molecule has 0 radical (unpaired) electrons. The van der Waals surface area contributed by atoms with E-state index in [0.29, 0.717) is 5.69 Å². The van der Waals surface area contributed by atoms with E-state index in [1.807, 2.05) is 17.3 Å². The van der Waals surface area contributed by atoms with Crippen LogP contribution in [0.3, 0.4) is 0 Å². The van der Waals surface area contributed by atoms with Crippen molar-refractivity contribution in [3.8, 4) is 0 Å². The lowest BCUT2D eigenvalue weighted by molar-refractivity contribution is -0.142. The Morgan fingerprint density at radius 2 is 1.95 bits per heavy atom. The van der Waals surface area contributed by atoms with Crippen LogP contribution < -0.4 is 4.90 Å². The highest BCUT2D eigenvalue weighted by Gasteiger charge is 2.32. The van der Waals surface area contributed by atoms with Crippen molar-refractivity contribution in [3.05, 3.63) is 46.5 Å². The number of hydrogen-bond acceptors (Lipinski definition) is 4. The summed E-state index contributed by atoms with van der Waals surface area (Å²) in [7, 11) is 1.97. The first-order valence-electron chi connectivity index (χ1n) is 6.77. The van der Waals surface area contributed by atoms with Crippen LogP contribution in [-0.4, -0.2) is 23.1 Å². The molecule has 1 N–H and O–H groups in total. The minimum absolute atomic E-state index is 0.603. The van der Waals surface area contributed by atoms with Crippen LogP contribution in [0, 0.1) is 6.92 Å². The maximum atomic E-state index is 11.3. The molecule has 1 aromatic heterocycles. The molecule has 1 heterocycles. The van der Waals surface area contributed by atoms with E-state index in [2.05, 4.69) is 36.2 Å². The van der Waals surface area contributed by atoms with Crippen molar-refractivity contribution in [1.82, 2.24) is 4.98 Å². The van der Waals surface area contributed by atoms with Gasteiger partial charge in [0.15, 0.2) is 5.13 Å². The second-order valence-corrected chi connectivity index (χ2v) is 6.62. The number of aliphatic carboxylic acids is 1. The first kappa shape index (κ1) is 15.5. The van der Waals surface area contributed by atoms with Crippen LogP contribution in [0.2, 0.25) is 0 Å². The van der Waals surface area contributed by atoms with Gasteiger partial charge in [-0.3, -0.25) is 4.79 Å². The normalized spacial score (nSPS) is 11.4. The molecule has 0 saturated carbocycles. The van der Waals surface area contributed by atoms with Crippen LogP contribution >= 0.6 is 11.3 Å². The molecule has 2 rings (SSSR count). The molecular weight excluding hydrogens is 284 g/mol. The molecule has 0 atom stereocenters. The monoisotopic (exact) mass is 304 g/mol. The number of rotatable bonds is 5. The van der Waals surface area contributed by atoms with Gasteiger partial charge in [0.1, 0.15) is 5.41 Å². The van der Waals surface area contributed by atoms with Crippen LogP contribution in [0.15, 0.2) is 29.6 Å². The van der Waals surface area contributed by atoms with Crippen molar-refractivity contribution in [2.24, 2.45) is 0 Å². The third kappa shape index (κ3) is 3.42. The van der Waals surface area contributed by atoms with Crippen molar-refractivity contribution in [1.29, 1.82) is 0 Å². The SMILES string of the molecule is Cc1ccc(CN(C)c2nc(C(C)(C)C(=O)O)cs2)cc1. The zero-order valence-corrected chi connectivity index (χ0v) is 13.6. The molecule has 0 aliphatic carbocycles. The van der Waals surface area contributed by atoms with Crippen LogP contribution in [-0.2, 0) is 16.8 Å². The third-order valence-corrected chi connectivity index (χ3v) is 4.49. The molecule has 4 nitrogen and oxygen atoms in total. The maximum absolute atomic E-state index is 11.3. The Hall–Kier alpha value is -1.88. The zero-order valence-electron chi connectivity index (χ0n) is 12.8. The summed E-state index contributed by atoms with van der Waals surface area (Å²) in [6.45, 7) is 6.16. The van der Waals surface area contributed by atoms with Gasteiger partial charge in [0, 0.05) is 19.0 Å². The number of thiazole rings is 1. The lowest BCUT2D eigenvalue weighted by atomic mass is 9.90. The lowest BCUT2D eigenvalue weighted by Crippen LogP contribution is -2.29. The summed E-state index contributed by atoms with van der Waals surface area (Å²) in [4.78, 5) is 17.8. The average molecular weight is 304 g/mol. The minimum atomic E-state index is -0.959. The number of aromatic nitrogens is 1. The van der Waals surface area contributed by atoms with Crippen molar-refractivity contribution in [2.75, 3.05) is 11.9 Å². The summed E-state index contributed by atoms with van der Waals surface area (Å²) in [6.07, 6.45) is 0. The highest BCUT2D eigenvalue weighted by atomic mass is 32.1. The quantitative estimate of drug-likeness (QED) is 0.919. The van der Waals surface area contributed by atoms with E-state index in [1.54, 1.807) is 13.8 Å². The lowest BCUT2D eigenvalue weighted by Gasteiger charge is -2.18. The Morgan fingerprint density at radius 1 is 1.33 bits per heavy atom. The van der Waals surface area contributed by atoms with Gasteiger partial charge in [-0.2, -0.15) is 0 Å². The molecule has 0 aliphatic heterocycles. The summed E-state index contributed by atoms with van der Waals surface area (Å²) in [5.41, 5.74) is 2.09. The number of aryl methyl sites for hydroxylation is 1. The zero-order chi connectivity index (χ0) is 15.6. The predicted molar refractivity (Wildman–Crippen MR) is 86.1 cm³/mol. The number of carbonyl (C=O) groups is 1. The molecular formula is C16H20N2O2S. The van der Waals surface area contributed by atoms with Crippen molar-refractivity contribution >= 4 is 22.4 Å². The second-order valence-electron chi connectivity index (χ2n) is 5.79. The first-order chi connectivity index (χ1) is 9.80. The largest absolute Gasteiger partial charge is 0.481 e. The number of hydrogen-bond donors (Lipinski definition) is 1. The van der Waals surface area contributed by atoms with E-state index in [9.17, 15) is 9.90 Å². The average Bonchev–Trinajstić information content (AvgIpc) is 2.91. The number of carboxylic acid groups (broad SMARTS) is 1. The number of benzene rings is 1. The third-order valence-electron chi connectivity index (χ3n) is 3.53. The number of nitrogens with zero attached hydrogens (tertiary/aromatic N) is 2. The minimum Gasteiger partial charge on any atom is -0.481 e. The van der Waals surface area contributed by atoms with Crippen LogP contribution in [0.4, 0.5) is 5.13 Å². The van der Waals surface area contributed by atoms with E-state index in [4.69, 9.17) is 0 Å². The summed E-state index contributed by atoms with van der Waals surface area (Å²) in [6, 6.07) is 8.37. The maximum Gasteiger partial charge on any atom is 0.315 e. The molecule has 0 fully saturated rings. The van der Waals surface area contributed by atoms with Gasteiger partial charge < -0.3 is 10.0 Å². The van der Waals surface area contributed by atoms with E-state index in [-0.39, 0.29) is 0 Å². The highest BCUT2D eigenvalue weighted by Crippen LogP contribution is 2.29. The number of carboxylic acids is 1. The number of anilines is 1. The molecule has 0 aliphatic rings. The Kier molecular flexibility index (Phi) is 4.32. The van der Waals surface area contributed by atoms with Crippen molar-refractivity contribution in [2.45, 2.75) is 32.7 Å². The fourth-order valence-electron chi connectivity index (χ4n) is 1.87. The van der Waals surface area contributed by atoms with Crippen molar-refractivity contribution in [3.63, 3.8) is 0 Å². The van der Waals surface area contributed by atoms with Gasteiger partial charge >= 0.3 is 5.97 Å². The fourth-order valence-corrected chi connectivity index (χ4v) is 2.83. The Balaban J connectivity index is 2.14.